The van der Waals surface area contributed by atoms with Gasteiger partial charge in [-0.05, 0) is 3.44 Å². The summed E-state index contributed by atoms with van der Waals surface area (Å²) >= 11 is -9.45. The van der Waals surface area contributed by atoms with E-state index in [1.54, 1.807) is 0 Å². The van der Waals surface area contributed by atoms with Gasteiger partial charge in [-0.2, -0.15) is 0 Å². The van der Waals surface area contributed by atoms with E-state index in [1.807, 2.05) is 0 Å². The monoisotopic (exact) mass is 368 g/mol. The quantitative estimate of drug-likeness (QED) is 0.402. The van der Waals surface area contributed by atoms with Gasteiger partial charge in [0, 0.05) is 3.44 Å². The van der Waals surface area contributed by atoms with Crippen LogP contribution in [-0.4, -0.2) is 6.87 Å². The van der Waals surface area contributed by atoms with Crippen LogP contribution in [0, 0.1) is 0 Å². The Hall–Kier alpha value is 1.18. The molecule has 7 nitrogen and oxygen atoms in total. The molecule has 0 rings (SSSR count). The Morgan fingerprint density at radius 2 is 1.11 bits per heavy atom. The van der Waals surface area contributed by atoms with Crippen LogP contribution in [0.3, 0.4) is 0 Å². The Balaban J connectivity index is 0. The van der Waals surface area contributed by atoms with Crippen LogP contribution in [-0.2, 0) is 0 Å². The smallest absolute Gasteiger partial charge is 0.396 e. The zero-order chi connectivity index (χ0) is 8.08. The molecule has 0 radical (unpaired) electrons. The van der Waals surface area contributed by atoms with Crippen LogP contribution in [0.5, 0.6) is 0 Å². The lowest BCUT2D eigenvalue weighted by Crippen LogP contribution is -4.23. The molecule has 0 aromatic rings. The van der Waals surface area contributed by atoms with Gasteiger partial charge in [0.1, 0.15) is 0 Å². The SMILES string of the molecule is [O-][I+2]([O-])O.[O-][I+3]([O-])([O-])O. The lowest BCUT2D eigenvalue weighted by atomic mass is 16.0. The number of halogens is 2. The highest BCUT2D eigenvalue weighted by Gasteiger charge is 2.11. The maximum atomic E-state index is 8.73. The molecular weight excluding hydrogens is 366 g/mol. The molecule has 0 fully saturated rings. The second-order valence-corrected chi connectivity index (χ2v) is 4.00. The largest absolute Gasteiger partial charge is 0.503 e. The molecule has 0 spiro atoms. The lowest BCUT2D eigenvalue weighted by Gasteiger charge is -1.93. The Morgan fingerprint density at radius 3 is 1.11 bits per heavy atom. The molecule has 0 saturated carbocycles. The molecule has 0 aliphatic carbocycles. The average molecular weight is 368 g/mol. The van der Waals surface area contributed by atoms with Gasteiger partial charge < -0.3 is 6.87 Å². The highest BCUT2D eigenvalue weighted by atomic mass is 127. The van der Waals surface area contributed by atoms with E-state index in [4.69, 9.17) is 24.1 Å². The highest BCUT2D eigenvalue weighted by Crippen LogP contribution is 0.389. The van der Waals surface area contributed by atoms with Crippen molar-refractivity contribution in [1.82, 2.24) is 0 Å². The molecule has 58 valence electrons. The van der Waals surface area contributed by atoms with Crippen LogP contribution >= 0.6 is 0 Å². The van der Waals surface area contributed by atoms with E-state index in [0.717, 1.165) is 0 Å². The predicted octanol–water partition coefficient (Wildman–Crippen LogP) is -13.1. The summed E-state index contributed by atoms with van der Waals surface area (Å²) in [7, 11) is 0. The zero-order valence-electron chi connectivity index (χ0n) is 3.69. The van der Waals surface area contributed by atoms with Gasteiger partial charge in [-0.1, -0.05) is 0 Å². The fourth-order valence-electron chi connectivity index (χ4n) is 0. The van der Waals surface area contributed by atoms with Gasteiger partial charge in [0.2, 0.25) is 0 Å². The highest BCUT2D eigenvalue weighted by molar-refractivity contribution is 2.15. The molecule has 0 saturated heterocycles. The molecule has 0 aliphatic rings. The van der Waals surface area contributed by atoms with Crippen molar-refractivity contribution >= 4 is 0 Å². The van der Waals surface area contributed by atoms with Gasteiger partial charge in [-0.25, -0.2) is 0 Å². The summed E-state index contributed by atoms with van der Waals surface area (Å²) in [6.45, 7) is 0. The molecule has 9 heavy (non-hydrogen) atoms. The fourth-order valence-corrected chi connectivity index (χ4v) is 0. The molecule has 0 bridgehead atoms. The number of rotatable bonds is 0. The molecule has 0 aliphatic heterocycles. The first kappa shape index (κ1) is 12.8. The van der Waals surface area contributed by atoms with E-state index in [-0.39, 0.29) is 0 Å². The lowest BCUT2D eigenvalue weighted by molar-refractivity contribution is -1.92. The summed E-state index contributed by atoms with van der Waals surface area (Å²) in [5, 5.41) is 0. The van der Waals surface area contributed by atoms with Crippen LogP contribution in [0.4, 0.5) is 0 Å². The summed E-state index contributed by atoms with van der Waals surface area (Å²) in [5.41, 5.74) is 0. The second-order valence-electron chi connectivity index (χ2n) is 0.597. The third-order valence-electron chi connectivity index (χ3n) is 0. The van der Waals surface area contributed by atoms with Crippen molar-refractivity contribution in [3.05, 3.63) is 0 Å². The second kappa shape index (κ2) is 5.93. The number of hydrogen-bond acceptors (Lipinski definition) is 7. The molecular formula is H2I2O7. The van der Waals surface area contributed by atoms with Gasteiger partial charge in [0.15, 0.2) is 0 Å². The van der Waals surface area contributed by atoms with E-state index < -0.39 is 41.2 Å². The minimum Gasteiger partial charge on any atom is -0.396 e. The van der Waals surface area contributed by atoms with Crippen molar-refractivity contribution in [2.75, 3.05) is 0 Å². The van der Waals surface area contributed by atoms with Crippen LogP contribution in [0.15, 0.2) is 0 Å². The molecule has 2 N–H and O–H groups in total. The molecule has 0 heterocycles. The van der Waals surface area contributed by atoms with Crippen molar-refractivity contribution in [1.29, 1.82) is 0 Å². The topological polar surface area (TPSA) is 156 Å². The summed E-state index contributed by atoms with van der Waals surface area (Å²) in [4.78, 5) is 0. The van der Waals surface area contributed by atoms with E-state index in [9.17, 15) is 0 Å². The van der Waals surface area contributed by atoms with Crippen LogP contribution in [0.25, 0.3) is 0 Å². The van der Waals surface area contributed by atoms with E-state index in [2.05, 4.69) is 0 Å². The third kappa shape index (κ3) is 340. The fraction of sp³-hybridized carbons (Fsp3) is 0. The van der Waals surface area contributed by atoms with Crippen molar-refractivity contribution in [2.45, 2.75) is 0 Å². The van der Waals surface area contributed by atoms with Crippen molar-refractivity contribution in [3.63, 3.8) is 0 Å². The van der Waals surface area contributed by atoms with Gasteiger partial charge in [0.05, 0.1) is 0 Å². The van der Waals surface area contributed by atoms with E-state index >= 15 is 0 Å². The van der Waals surface area contributed by atoms with Crippen LogP contribution < -0.4 is 58.3 Å². The maximum absolute atomic E-state index is 8.73. The van der Waals surface area contributed by atoms with Crippen LogP contribution in [0.2, 0.25) is 0 Å². The standard InChI is InChI=1S/HIO4.HIO3/c2-1(3,4)5;2-1(3)4/h2H;2H. The predicted molar refractivity (Wildman–Crippen MR) is 4.44 cm³/mol. The van der Waals surface area contributed by atoms with Crippen molar-refractivity contribution in [3.8, 4) is 0 Å². The van der Waals surface area contributed by atoms with Crippen molar-refractivity contribution < 1.29 is 65.2 Å². The summed E-state index contributed by atoms with van der Waals surface area (Å²) in [6, 6.07) is 0. The van der Waals surface area contributed by atoms with Crippen molar-refractivity contribution in [2.24, 2.45) is 0 Å². The Labute approximate surface area is 64.9 Å². The van der Waals surface area contributed by atoms with Gasteiger partial charge in [-0.15, -0.1) is 0 Å². The van der Waals surface area contributed by atoms with E-state index in [1.165, 1.54) is 0 Å². The maximum Gasteiger partial charge on any atom is 0.503 e. The minimum atomic E-state index is -5.69. The van der Waals surface area contributed by atoms with E-state index in [0.29, 0.717) is 0 Å². The van der Waals surface area contributed by atoms with Crippen LogP contribution in [0.1, 0.15) is 0 Å². The molecule has 9 heteroatoms. The minimum absolute atomic E-state index is 3.76. The zero-order valence-corrected chi connectivity index (χ0v) is 8.01. The normalized spacial score (nSPS) is 10.7. The third-order valence-corrected chi connectivity index (χ3v) is 0. The molecule has 0 amide bonds. The Morgan fingerprint density at radius 1 is 1.11 bits per heavy atom. The Bertz CT molecular complexity index is 43.7. The van der Waals surface area contributed by atoms with Gasteiger partial charge >= 0.3 is 41.2 Å². The summed E-state index contributed by atoms with van der Waals surface area (Å²) in [5.74, 6) is 0. The molecule has 0 aromatic carbocycles. The Kier molecular flexibility index (Phi) is 8.44. The molecule has 0 atom stereocenters. The first-order chi connectivity index (χ1) is 3.73. The molecule has 0 aromatic heterocycles. The van der Waals surface area contributed by atoms with Gasteiger partial charge in [0.25, 0.3) is 0 Å². The first-order valence-electron chi connectivity index (χ1n) is 1.11. The van der Waals surface area contributed by atoms with Gasteiger partial charge in [-0.3, -0.25) is 10.3 Å². The average Bonchev–Trinajstić information content (AvgIpc) is 1.19. The molecule has 0 unspecified atom stereocenters. The summed E-state index contributed by atoms with van der Waals surface area (Å²) < 4.78 is 57.7. The summed E-state index contributed by atoms with van der Waals surface area (Å²) in [6.07, 6.45) is 0. The number of hydrogen-bond donors (Lipinski definition) is 2. The first-order valence-corrected chi connectivity index (χ1v) is 7.44.